The molecule has 4 rings (SSSR count). The van der Waals surface area contributed by atoms with E-state index >= 15 is 0 Å². The molecule has 6 nitrogen and oxygen atoms in total. The lowest BCUT2D eigenvalue weighted by Crippen LogP contribution is -2.30. The third-order valence-electron chi connectivity index (χ3n) is 4.67. The van der Waals surface area contributed by atoms with E-state index in [1.54, 1.807) is 0 Å². The van der Waals surface area contributed by atoms with E-state index in [-0.39, 0.29) is 23.7 Å². The minimum Gasteiger partial charge on any atom is -0.365 e. The topological polar surface area (TPSA) is 58.3 Å². The summed E-state index contributed by atoms with van der Waals surface area (Å²) in [7, 11) is 2.01. The monoisotopic (exact) mass is 362 g/mol. The Morgan fingerprint density at radius 2 is 1.96 bits per heavy atom. The standard InChI is InChI=1S/C17H17F3N6/c1-25-8-7-12(15(25)11-5-3-2-4-6-11)23-14-9-13(17(18,19)20)24-16-21-10-22-26(14)16/h2-6,9-10,12,15,23H,7-8H2,1H3/t12-,15+/m0/s1. The molecule has 0 spiro atoms. The maximum absolute atomic E-state index is 13.2. The number of nitrogens with zero attached hydrogens (tertiary/aromatic N) is 5. The number of hydrogen-bond acceptors (Lipinski definition) is 5. The average Bonchev–Trinajstić information content (AvgIpc) is 3.21. The summed E-state index contributed by atoms with van der Waals surface area (Å²) in [6.07, 6.45) is -2.55. The van der Waals surface area contributed by atoms with Crippen molar-refractivity contribution in [2.75, 3.05) is 18.9 Å². The van der Waals surface area contributed by atoms with Crippen LogP contribution in [0.2, 0.25) is 0 Å². The highest BCUT2D eigenvalue weighted by Gasteiger charge is 2.36. The zero-order chi connectivity index (χ0) is 18.3. The van der Waals surface area contributed by atoms with Gasteiger partial charge in [0.05, 0.1) is 6.04 Å². The normalized spacial score (nSPS) is 21.4. The van der Waals surface area contributed by atoms with Gasteiger partial charge in [-0.3, -0.25) is 4.90 Å². The molecule has 3 heterocycles. The molecule has 26 heavy (non-hydrogen) atoms. The number of rotatable bonds is 3. The second-order valence-electron chi connectivity index (χ2n) is 6.37. The van der Waals surface area contributed by atoms with Gasteiger partial charge in [0, 0.05) is 18.7 Å². The fourth-order valence-corrected chi connectivity index (χ4v) is 3.49. The van der Waals surface area contributed by atoms with Gasteiger partial charge in [0.1, 0.15) is 12.1 Å². The van der Waals surface area contributed by atoms with E-state index in [0.29, 0.717) is 0 Å². The molecule has 0 saturated carbocycles. The number of likely N-dealkylation sites (tertiary alicyclic amines) is 1. The van der Waals surface area contributed by atoms with E-state index in [2.05, 4.69) is 25.3 Å². The molecular formula is C17H17F3N6. The third-order valence-corrected chi connectivity index (χ3v) is 4.67. The minimum atomic E-state index is -4.55. The molecule has 0 radical (unpaired) electrons. The van der Waals surface area contributed by atoms with E-state index < -0.39 is 11.9 Å². The summed E-state index contributed by atoms with van der Waals surface area (Å²) < 4.78 is 40.8. The molecule has 1 aromatic carbocycles. The zero-order valence-corrected chi connectivity index (χ0v) is 14.0. The molecule has 0 bridgehead atoms. The third kappa shape index (κ3) is 2.98. The first-order chi connectivity index (χ1) is 12.4. The molecule has 9 heteroatoms. The van der Waals surface area contributed by atoms with Crippen LogP contribution in [-0.4, -0.2) is 44.1 Å². The highest BCUT2D eigenvalue weighted by atomic mass is 19.4. The number of halogens is 3. The largest absolute Gasteiger partial charge is 0.433 e. The van der Waals surface area contributed by atoms with Crippen molar-refractivity contribution in [3.05, 3.63) is 54.0 Å². The van der Waals surface area contributed by atoms with Gasteiger partial charge in [-0.1, -0.05) is 30.3 Å². The van der Waals surface area contributed by atoms with Crippen LogP contribution in [0.25, 0.3) is 5.78 Å². The van der Waals surface area contributed by atoms with Crippen molar-refractivity contribution in [3.8, 4) is 0 Å². The number of benzene rings is 1. The lowest BCUT2D eigenvalue weighted by molar-refractivity contribution is -0.141. The SMILES string of the molecule is CN1CC[C@H](Nc2cc(C(F)(F)F)nc3ncnn23)[C@H]1c1ccccc1. The zero-order valence-electron chi connectivity index (χ0n) is 14.0. The number of anilines is 1. The number of hydrogen-bond donors (Lipinski definition) is 1. The smallest absolute Gasteiger partial charge is 0.365 e. The summed E-state index contributed by atoms with van der Waals surface area (Å²) in [4.78, 5) is 9.55. The molecule has 0 amide bonds. The summed E-state index contributed by atoms with van der Waals surface area (Å²) >= 11 is 0. The minimum absolute atomic E-state index is 0.0530. The van der Waals surface area contributed by atoms with Gasteiger partial charge in [0.2, 0.25) is 0 Å². The first kappa shape index (κ1) is 16.8. The molecule has 0 unspecified atom stereocenters. The lowest BCUT2D eigenvalue weighted by atomic mass is 10.0. The first-order valence-electron chi connectivity index (χ1n) is 8.23. The van der Waals surface area contributed by atoms with Crippen LogP contribution >= 0.6 is 0 Å². The highest BCUT2D eigenvalue weighted by Crippen LogP contribution is 2.34. The molecular weight excluding hydrogens is 345 g/mol. The van der Waals surface area contributed by atoms with Crippen molar-refractivity contribution in [3.63, 3.8) is 0 Å². The van der Waals surface area contributed by atoms with Gasteiger partial charge in [0.25, 0.3) is 5.78 Å². The van der Waals surface area contributed by atoms with E-state index in [1.165, 1.54) is 10.8 Å². The van der Waals surface area contributed by atoms with Crippen molar-refractivity contribution in [1.29, 1.82) is 0 Å². The van der Waals surface area contributed by atoms with Crippen LogP contribution < -0.4 is 5.32 Å². The molecule has 1 fully saturated rings. The van der Waals surface area contributed by atoms with E-state index in [0.717, 1.165) is 24.6 Å². The molecule has 1 aliphatic heterocycles. The Hall–Kier alpha value is -2.68. The predicted octanol–water partition coefficient (Wildman–Crippen LogP) is 3.00. The quantitative estimate of drug-likeness (QED) is 0.776. The van der Waals surface area contributed by atoms with Crippen molar-refractivity contribution in [1.82, 2.24) is 24.5 Å². The summed E-state index contributed by atoms with van der Waals surface area (Å²) in [5.74, 6) is 0.158. The van der Waals surface area contributed by atoms with Crippen LogP contribution in [0.5, 0.6) is 0 Å². The van der Waals surface area contributed by atoms with Gasteiger partial charge in [-0.2, -0.15) is 27.8 Å². The number of fused-ring (bicyclic) bond motifs is 1. The first-order valence-corrected chi connectivity index (χ1v) is 8.23. The van der Waals surface area contributed by atoms with E-state index in [4.69, 9.17) is 0 Å². The van der Waals surface area contributed by atoms with Gasteiger partial charge >= 0.3 is 6.18 Å². The highest BCUT2D eigenvalue weighted by molar-refractivity contribution is 5.47. The predicted molar refractivity (Wildman–Crippen MR) is 89.6 cm³/mol. The van der Waals surface area contributed by atoms with Crippen LogP contribution in [0.4, 0.5) is 19.0 Å². The van der Waals surface area contributed by atoms with Crippen molar-refractivity contribution in [2.45, 2.75) is 24.7 Å². The van der Waals surface area contributed by atoms with Crippen LogP contribution in [0.3, 0.4) is 0 Å². The molecule has 0 aliphatic carbocycles. The van der Waals surface area contributed by atoms with Gasteiger partial charge < -0.3 is 5.32 Å². The van der Waals surface area contributed by atoms with E-state index in [1.807, 2.05) is 37.4 Å². The fourth-order valence-electron chi connectivity index (χ4n) is 3.49. The van der Waals surface area contributed by atoms with Gasteiger partial charge in [0.15, 0.2) is 5.69 Å². The molecule has 1 N–H and O–H groups in total. The van der Waals surface area contributed by atoms with Gasteiger partial charge in [-0.15, -0.1) is 0 Å². The second kappa shape index (κ2) is 6.24. The molecule has 3 aromatic rings. The fraction of sp³-hybridized carbons (Fsp3) is 0.353. The Labute approximate surface area is 147 Å². The Bertz CT molecular complexity index is 908. The van der Waals surface area contributed by atoms with Crippen LogP contribution in [0, 0.1) is 0 Å². The maximum atomic E-state index is 13.2. The Balaban J connectivity index is 1.71. The number of aromatic nitrogens is 4. The average molecular weight is 362 g/mol. The lowest BCUT2D eigenvalue weighted by Gasteiger charge is -2.27. The van der Waals surface area contributed by atoms with Crippen molar-refractivity contribution >= 4 is 11.6 Å². The van der Waals surface area contributed by atoms with Crippen LogP contribution in [-0.2, 0) is 6.18 Å². The van der Waals surface area contributed by atoms with Crippen molar-refractivity contribution in [2.24, 2.45) is 0 Å². The summed E-state index contributed by atoms with van der Waals surface area (Å²) in [5, 5.41) is 7.24. The Morgan fingerprint density at radius 3 is 2.69 bits per heavy atom. The summed E-state index contributed by atoms with van der Waals surface area (Å²) in [5.41, 5.74) is 0.132. The number of alkyl halides is 3. The van der Waals surface area contributed by atoms with E-state index in [9.17, 15) is 13.2 Å². The molecule has 2 atom stereocenters. The van der Waals surface area contributed by atoms with Gasteiger partial charge in [-0.05, 0) is 19.0 Å². The van der Waals surface area contributed by atoms with Gasteiger partial charge in [-0.25, -0.2) is 4.98 Å². The van der Waals surface area contributed by atoms with Crippen LogP contribution in [0.15, 0.2) is 42.7 Å². The van der Waals surface area contributed by atoms with Crippen molar-refractivity contribution < 1.29 is 13.2 Å². The number of nitrogens with one attached hydrogen (secondary N) is 1. The molecule has 1 saturated heterocycles. The molecule has 1 aliphatic rings. The number of likely N-dealkylation sites (N-methyl/N-ethyl adjacent to an activating group) is 1. The van der Waals surface area contributed by atoms with Crippen LogP contribution in [0.1, 0.15) is 23.7 Å². The second-order valence-corrected chi connectivity index (χ2v) is 6.37. The maximum Gasteiger partial charge on any atom is 0.433 e. The Kier molecular flexibility index (Phi) is 4.03. The Morgan fingerprint density at radius 1 is 1.19 bits per heavy atom. The summed E-state index contributed by atoms with van der Waals surface area (Å²) in [6, 6.07) is 10.9. The molecule has 2 aromatic heterocycles. The molecule has 136 valence electrons. The summed E-state index contributed by atoms with van der Waals surface area (Å²) in [6.45, 7) is 0.842.